The number of ether oxygens (including phenoxy) is 1. The van der Waals surface area contributed by atoms with Crippen molar-refractivity contribution >= 4 is 11.7 Å². The number of carbonyl (C=O) groups is 1. The van der Waals surface area contributed by atoms with Crippen molar-refractivity contribution < 1.29 is 32.0 Å². The first-order valence-corrected chi connectivity index (χ1v) is 6.02. The van der Waals surface area contributed by atoms with Crippen LogP contribution in [0.3, 0.4) is 0 Å². The number of hydrogen-bond acceptors (Lipinski definition) is 4. The van der Waals surface area contributed by atoms with Gasteiger partial charge in [-0.1, -0.05) is 0 Å². The van der Waals surface area contributed by atoms with Crippen LogP contribution in [0.25, 0.3) is 0 Å². The Morgan fingerprint density at radius 1 is 1.09 bits per heavy atom. The van der Waals surface area contributed by atoms with Gasteiger partial charge in [0.05, 0.1) is 16.1 Å². The van der Waals surface area contributed by atoms with Crippen molar-refractivity contribution in [3.8, 4) is 5.75 Å². The van der Waals surface area contributed by atoms with E-state index in [-0.39, 0.29) is 17.5 Å². The number of nitro benzene ring substituents is 1. The van der Waals surface area contributed by atoms with Gasteiger partial charge in [-0.25, -0.2) is 9.18 Å². The Balaban J connectivity index is 2.29. The van der Waals surface area contributed by atoms with E-state index in [0.717, 1.165) is 24.3 Å². The van der Waals surface area contributed by atoms with E-state index in [4.69, 9.17) is 4.74 Å². The molecule has 0 amide bonds. The van der Waals surface area contributed by atoms with Crippen molar-refractivity contribution in [1.29, 1.82) is 0 Å². The molecule has 0 unspecified atom stereocenters. The molecular formula is C14H7F4NO4. The molecule has 0 aliphatic heterocycles. The minimum Gasteiger partial charge on any atom is -0.423 e. The number of halogens is 4. The molecule has 0 aromatic heterocycles. The molecule has 0 heterocycles. The predicted octanol–water partition coefficient (Wildman–Crippen LogP) is 3.97. The van der Waals surface area contributed by atoms with Crippen LogP contribution in [0.15, 0.2) is 42.5 Å². The third-order valence-corrected chi connectivity index (χ3v) is 2.77. The van der Waals surface area contributed by atoms with E-state index in [2.05, 4.69) is 0 Å². The second-order valence-electron chi connectivity index (χ2n) is 4.33. The molecule has 23 heavy (non-hydrogen) atoms. The van der Waals surface area contributed by atoms with Crippen LogP contribution in [0, 0.1) is 15.9 Å². The molecule has 2 aromatic carbocycles. The number of hydrogen-bond donors (Lipinski definition) is 0. The molecule has 0 aliphatic carbocycles. The number of nitrogens with zero attached hydrogens (tertiary/aromatic N) is 1. The van der Waals surface area contributed by atoms with Crippen LogP contribution < -0.4 is 4.74 Å². The summed E-state index contributed by atoms with van der Waals surface area (Å²) in [7, 11) is 0. The van der Waals surface area contributed by atoms with Gasteiger partial charge in [-0.15, -0.1) is 0 Å². The summed E-state index contributed by atoms with van der Waals surface area (Å²) >= 11 is 0. The Labute approximate surface area is 126 Å². The quantitative estimate of drug-likeness (QED) is 0.281. The first kappa shape index (κ1) is 16.4. The predicted molar refractivity (Wildman–Crippen MR) is 69.5 cm³/mol. The lowest BCUT2D eigenvalue weighted by molar-refractivity contribution is -0.384. The number of alkyl halides is 3. The van der Waals surface area contributed by atoms with E-state index >= 15 is 0 Å². The van der Waals surface area contributed by atoms with E-state index < -0.39 is 34.0 Å². The Morgan fingerprint density at radius 3 is 2.22 bits per heavy atom. The van der Waals surface area contributed by atoms with Crippen LogP contribution in [0.5, 0.6) is 5.75 Å². The third kappa shape index (κ3) is 3.82. The van der Waals surface area contributed by atoms with Gasteiger partial charge in [-0.3, -0.25) is 10.1 Å². The SMILES string of the molecule is O=C(Oc1ccc([N+](=O)[O-])cc1)c1ccc(F)cc1C(F)(F)F. The summed E-state index contributed by atoms with van der Waals surface area (Å²) in [6, 6.07) is 5.72. The largest absolute Gasteiger partial charge is 0.423 e. The van der Waals surface area contributed by atoms with Gasteiger partial charge in [0.2, 0.25) is 0 Å². The van der Waals surface area contributed by atoms with Crippen LogP contribution in [-0.2, 0) is 6.18 Å². The van der Waals surface area contributed by atoms with Crippen LogP contribution in [0.4, 0.5) is 23.2 Å². The zero-order valence-electron chi connectivity index (χ0n) is 11.1. The fourth-order valence-electron chi connectivity index (χ4n) is 1.73. The molecule has 9 heteroatoms. The fourth-order valence-corrected chi connectivity index (χ4v) is 1.73. The number of nitro groups is 1. The van der Waals surface area contributed by atoms with E-state index in [1.54, 1.807) is 0 Å². The first-order valence-electron chi connectivity index (χ1n) is 6.02. The maximum absolute atomic E-state index is 13.0. The average molecular weight is 329 g/mol. The highest BCUT2D eigenvalue weighted by atomic mass is 19.4. The van der Waals surface area contributed by atoms with Crippen LogP contribution in [0.2, 0.25) is 0 Å². The van der Waals surface area contributed by atoms with Gasteiger partial charge in [0, 0.05) is 12.1 Å². The second kappa shape index (κ2) is 6.03. The van der Waals surface area contributed by atoms with Gasteiger partial charge in [0.25, 0.3) is 5.69 Å². The lowest BCUT2D eigenvalue weighted by Crippen LogP contribution is -2.17. The summed E-state index contributed by atoms with van der Waals surface area (Å²) in [6.45, 7) is 0. The van der Waals surface area contributed by atoms with Crippen molar-refractivity contribution in [3.05, 3.63) is 69.5 Å². The Hall–Kier alpha value is -2.97. The van der Waals surface area contributed by atoms with Gasteiger partial charge in [-0.05, 0) is 30.3 Å². The van der Waals surface area contributed by atoms with Gasteiger partial charge >= 0.3 is 12.1 Å². The van der Waals surface area contributed by atoms with Crippen LogP contribution in [-0.4, -0.2) is 10.9 Å². The molecule has 2 aromatic rings. The van der Waals surface area contributed by atoms with Crippen LogP contribution >= 0.6 is 0 Å². The highest BCUT2D eigenvalue weighted by Gasteiger charge is 2.36. The molecule has 0 saturated heterocycles. The van der Waals surface area contributed by atoms with Gasteiger partial charge in [0.1, 0.15) is 11.6 Å². The van der Waals surface area contributed by atoms with Crippen molar-refractivity contribution in [2.24, 2.45) is 0 Å². The maximum Gasteiger partial charge on any atom is 0.417 e. The minimum absolute atomic E-state index is 0.182. The molecule has 0 aliphatic rings. The molecular weight excluding hydrogens is 322 g/mol. The molecule has 0 spiro atoms. The van der Waals surface area contributed by atoms with Crippen molar-refractivity contribution in [1.82, 2.24) is 0 Å². The molecule has 0 fully saturated rings. The summed E-state index contributed by atoms with van der Waals surface area (Å²) in [5.74, 6) is -2.69. The number of esters is 1. The molecule has 0 radical (unpaired) electrons. The monoisotopic (exact) mass is 329 g/mol. The lowest BCUT2D eigenvalue weighted by Gasteiger charge is -2.12. The number of non-ortho nitro benzene ring substituents is 1. The Morgan fingerprint density at radius 2 is 1.70 bits per heavy atom. The van der Waals surface area contributed by atoms with Crippen molar-refractivity contribution in [2.75, 3.05) is 0 Å². The van der Waals surface area contributed by atoms with E-state index in [0.29, 0.717) is 12.1 Å². The molecule has 0 bridgehead atoms. The first-order chi connectivity index (χ1) is 10.7. The normalized spacial score (nSPS) is 11.1. The standard InChI is InChI=1S/C14H7F4NO4/c15-8-1-6-11(12(7-8)14(16,17)18)13(20)23-10-4-2-9(3-5-10)19(21)22/h1-7H. The maximum atomic E-state index is 13.0. The smallest absolute Gasteiger partial charge is 0.417 e. The van der Waals surface area contributed by atoms with Crippen molar-refractivity contribution in [2.45, 2.75) is 6.18 Å². The molecule has 0 saturated carbocycles. The van der Waals surface area contributed by atoms with Crippen LogP contribution in [0.1, 0.15) is 15.9 Å². The zero-order valence-corrected chi connectivity index (χ0v) is 11.1. The highest BCUT2D eigenvalue weighted by Crippen LogP contribution is 2.33. The Kier molecular flexibility index (Phi) is 4.30. The number of carbonyl (C=O) groups excluding carboxylic acids is 1. The van der Waals surface area contributed by atoms with E-state index in [9.17, 15) is 32.5 Å². The summed E-state index contributed by atoms with van der Waals surface area (Å²) in [6.07, 6.45) is -4.94. The lowest BCUT2D eigenvalue weighted by atomic mass is 10.1. The average Bonchev–Trinajstić information content (AvgIpc) is 2.46. The van der Waals surface area contributed by atoms with E-state index in [1.165, 1.54) is 0 Å². The van der Waals surface area contributed by atoms with Gasteiger partial charge in [0.15, 0.2) is 0 Å². The molecule has 5 nitrogen and oxygen atoms in total. The van der Waals surface area contributed by atoms with Gasteiger partial charge in [-0.2, -0.15) is 13.2 Å². The molecule has 0 atom stereocenters. The molecule has 120 valence electrons. The minimum atomic E-state index is -4.94. The summed E-state index contributed by atoms with van der Waals surface area (Å²) < 4.78 is 56.2. The number of rotatable bonds is 3. The number of benzene rings is 2. The molecule has 0 N–H and O–H groups in total. The second-order valence-corrected chi connectivity index (χ2v) is 4.33. The summed E-state index contributed by atoms with van der Waals surface area (Å²) in [5.41, 5.74) is -2.61. The summed E-state index contributed by atoms with van der Waals surface area (Å²) in [5, 5.41) is 10.5. The fraction of sp³-hybridized carbons (Fsp3) is 0.0714. The Bertz CT molecular complexity index is 756. The van der Waals surface area contributed by atoms with Crippen molar-refractivity contribution in [3.63, 3.8) is 0 Å². The zero-order chi connectivity index (χ0) is 17.2. The van der Waals surface area contributed by atoms with E-state index in [1.807, 2.05) is 0 Å². The van der Waals surface area contributed by atoms with Gasteiger partial charge < -0.3 is 4.74 Å². The summed E-state index contributed by atoms with van der Waals surface area (Å²) in [4.78, 5) is 21.6. The highest BCUT2D eigenvalue weighted by molar-refractivity contribution is 5.92. The third-order valence-electron chi connectivity index (χ3n) is 2.77. The molecule has 2 rings (SSSR count). The topological polar surface area (TPSA) is 69.4 Å².